The molecular weight excluding hydrogens is 316 g/mol. The van der Waals surface area contributed by atoms with Gasteiger partial charge in [0.25, 0.3) is 11.5 Å². The predicted molar refractivity (Wildman–Crippen MR) is 94.9 cm³/mol. The maximum absolute atomic E-state index is 13.0. The lowest BCUT2D eigenvalue weighted by Crippen LogP contribution is -2.41. The average Bonchev–Trinajstić information content (AvgIpc) is 3.07. The molecule has 1 saturated heterocycles. The molecule has 1 aliphatic heterocycles. The van der Waals surface area contributed by atoms with Crippen molar-refractivity contribution in [1.82, 2.24) is 20.1 Å². The maximum atomic E-state index is 13.0. The first kappa shape index (κ1) is 16.1. The van der Waals surface area contributed by atoms with Gasteiger partial charge in [-0.1, -0.05) is 0 Å². The summed E-state index contributed by atoms with van der Waals surface area (Å²) in [6.45, 7) is 3.31. The van der Waals surface area contributed by atoms with Gasteiger partial charge < -0.3 is 9.88 Å². The summed E-state index contributed by atoms with van der Waals surface area (Å²) >= 11 is 0. The van der Waals surface area contributed by atoms with E-state index < -0.39 is 0 Å². The second-order valence-corrected chi connectivity index (χ2v) is 7.29. The van der Waals surface area contributed by atoms with E-state index in [0.717, 1.165) is 61.2 Å². The zero-order valence-electron chi connectivity index (χ0n) is 14.6. The predicted octanol–water partition coefficient (Wildman–Crippen LogP) is 2.31. The highest BCUT2D eigenvalue weighted by Gasteiger charge is 2.28. The summed E-state index contributed by atoms with van der Waals surface area (Å²) in [6.07, 6.45) is 6.04. The van der Waals surface area contributed by atoms with Crippen molar-refractivity contribution in [1.29, 1.82) is 0 Å². The van der Waals surface area contributed by atoms with E-state index in [1.54, 1.807) is 0 Å². The number of amides is 1. The second kappa shape index (κ2) is 6.50. The zero-order valence-corrected chi connectivity index (χ0v) is 14.6. The lowest BCUT2D eigenvalue weighted by Gasteiger charge is -2.32. The summed E-state index contributed by atoms with van der Waals surface area (Å²) in [5, 5.41) is 7.33. The molecule has 1 fully saturated rings. The molecule has 0 saturated carbocycles. The molecule has 1 amide bonds. The minimum atomic E-state index is -0.247. The maximum Gasteiger partial charge on any atom is 0.261 e. The number of piperidine rings is 1. The molecule has 0 unspecified atom stereocenters. The van der Waals surface area contributed by atoms with Gasteiger partial charge in [0.15, 0.2) is 0 Å². The number of carbonyl (C=O) groups is 1. The van der Waals surface area contributed by atoms with Gasteiger partial charge in [0, 0.05) is 30.4 Å². The topological polar surface area (TPSA) is 81.8 Å². The van der Waals surface area contributed by atoms with Crippen LogP contribution in [0.15, 0.2) is 16.9 Å². The minimum Gasteiger partial charge on any atom is -0.338 e. The highest BCUT2D eigenvalue weighted by Crippen LogP contribution is 2.27. The fourth-order valence-electron chi connectivity index (χ4n) is 4.06. The number of aromatic amines is 2. The van der Waals surface area contributed by atoms with Gasteiger partial charge in [-0.3, -0.25) is 14.7 Å². The Labute approximate surface area is 146 Å². The van der Waals surface area contributed by atoms with Crippen molar-refractivity contribution in [2.75, 3.05) is 13.1 Å². The molecule has 6 heteroatoms. The van der Waals surface area contributed by atoms with Crippen molar-refractivity contribution in [2.45, 2.75) is 51.4 Å². The standard InChI is InChI=1S/C19H24N4O2/c1-12-9-17(22-21-12)14-6-4-8-23(11-14)19(25)15-10-13-5-2-3-7-16(13)20-18(15)24/h9-10,14H,2-8,11H2,1H3,(H,20,24)(H,21,22)/t14-/m0/s1. The second-order valence-electron chi connectivity index (χ2n) is 7.29. The third-order valence-corrected chi connectivity index (χ3v) is 5.42. The molecule has 0 bridgehead atoms. The van der Waals surface area contributed by atoms with Gasteiger partial charge in [-0.2, -0.15) is 5.10 Å². The number of hydrogen-bond acceptors (Lipinski definition) is 3. The van der Waals surface area contributed by atoms with Crippen LogP contribution in [-0.2, 0) is 12.8 Å². The summed E-state index contributed by atoms with van der Waals surface area (Å²) in [4.78, 5) is 30.1. The van der Waals surface area contributed by atoms with Crippen molar-refractivity contribution in [3.8, 4) is 0 Å². The third kappa shape index (κ3) is 3.13. The van der Waals surface area contributed by atoms with Crippen molar-refractivity contribution >= 4 is 5.91 Å². The van der Waals surface area contributed by atoms with Crippen molar-refractivity contribution in [2.24, 2.45) is 0 Å². The van der Waals surface area contributed by atoms with Crippen LogP contribution in [0.5, 0.6) is 0 Å². The van der Waals surface area contributed by atoms with Crippen LogP contribution in [0.1, 0.15) is 64.6 Å². The number of H-pyrrole nitrogens is 2. The normalized spacial score (nSPS) is 20.4. The number of hydrogen-bond donors (Lipinski definition) is 2. The van der Waals surface area contributed by atoms with Gasteiger partial charge >= 0.3 is 0 Å². The van der Waals surface area contributed by atoms with E-state index in [1.165, 1.54) is 0 Å². The van der Waals surface area contributed by atoms with Crippen molar-refractivity contribution in [3.63, 3.8) is 0 Å². The largest absolute Gasteiger partial charge is 0.338 e. The van der Waals surface area contributed by atoms with E-state index >= 15 is 0 Å². The Morgan fingerprint density at radius 3 is 2.88 bits per heavy atom. The summed E-state index contributed by atoms with van der Waals surface area (Å²) in [7, 11) is 0. The van der Waals surface area contributed by atoms with Crippen LogP contribution < -0.4 is 5.56 Å². The van der Waals surface area contributed by atoms with Crippen LogP contribution in [0.25, 0.3) is 0 Å². The fourth-order valence-corrected chi connectivity index (χ4v) is 4.06. The Morgan fingerprint density at radius 2 is 2.08 bits per heavy atom. The lowest BCUT2D eigenvalue weighted by molar-refractivity contribution is 0.0704. The van der Waals surface area contributed by atoms with E-state index in [4.69, 9.17) is 0 Å². The summed E-state index contributed by atoms with van der Waals surface area (Å²) in [5.74, 6) is 0.0888. The third-order valence-electron chi connectivity index (χ3n) is 5.42. The van der Waals surface area contributed by atoms with Gasteiger partial charge in [0.1, 0.15) is 5.56 Å². The molecule has 4 rings (SSSR count). The van der Waals surface area contributed by atoms with Gasteiger partial charge in [0.2, 0.25) is 0 Å². The molecule has 132 valence electrons. The number of aryl methyl sites for hydroxylation is 3. The van der Waals surface area contributed by atoms with E-state index in [1.807, 2.05) is 24.0 Å². The van der Waals surface area contributed by atoms with E-state index in [9.17, 15) is 9.59 Å². The Balaban J connectivity index is 1.57. The van der Waals surface area contributed by atoms with Gasteiger partial charge in [-0.15, -0.1) is 0 Å². The van der Waals surface area contributed by atoms with E-state index in [-0.39, 0.29) is 17.4 Å². The highest BCUT2D eigenvalue weighted by molar-refractivity contribution is 5.94. The first-order valence-electron chi connectivity index (χ1n) is 9.18. The molecule has 0 radical (unpaired) electrons. The number of likely N-dealkylation sites (tertiary alicyclic amines) is 1. The number of nitrogens with one attached hydrogen (secondary N) is 2. The molecule has 25 heavy (non-hydrogen) atoms. The number of fused-ring (bicyclic) bond motifs is 1. The Bertz CT molecular complexity index is 851. The molecular formula is C19H24N4O2. The fraction of sp³-hybridized carbons (Fsp3) is 0.526. The molecule has 0 spiro atoms. The molecule has 2 aromatic rings. The monoisotopic (exact) mass is 340 g/mol. The molecule has 1 aliphatic carbocycles. The van der Waals surface area contributed by atoms with E-state index in [2.05, 4.69) is 15.2 Å². The Kier molecular flexibility index (Phi) is 4.19. The summed E-state index contributed by atoms with van der Waals surface area (Å²) < 4.78 is 0. The lowest BCUT2D eigenvalue weighted by atomic mass is 9.93. The summed E-state index contributed by atoms with van der Waals surface area (Å²) in [6, 6.07) is 3.88. The first-order chi connectivity index (χ1) is 12.1. The SMILES string of the molecule is Cc1cc([C@H]2CCCN(C(=O)c3cc4c([nH]c3=O)CCCC4)C2)n[nH]1. The molecule has 1 atom stereocenters. The minimum absolute atomic E-state index is 0.147. The van der Waals surface area contributed by atoms with Crippen LogP contribution in [0, 0.1) is 6.92 Å². The number of pyridine rings is 1. The van der Waals surface area contributed by atoms with E-state index in [0.29, 0.717) is 18.7 Å². The molecule has 2 N–H and O–H groups in total. The smallest absolute Gasteiger partial charge is 0.261 e. The van der Waals surface area contributed by atoms with Crippen LogP contribution >= 0.6 is 0 Å². The Morgan fingerprint density at radius 1 is 1.24 bits per heavy atom. The summed E-state index contributed by atoms with van der Waals surface area (Å²) in [5.41, 5.74) is 4.23. The van der Waals surface area contributed by atoms with Crippen LogP contribution in [0.4, 0.5) is 0 Å². The molecule has 2 aromatic heterocycles. The van der Waals surface area contributed by atoms with Crippen molar-refractivity contribution in [3.05, 3.63) is 50.7 Å². The number of aromatic nitrogens is 3. The van der Waals surface area contributed by atoms with Crippen LogP contribution in [-0.4, -0.2) is 39.1 Å². The Hall–Kier alpha value is -2.37. The first-order valence-corrected chi connectivity index (χ1v) is 9.18. The van der Waals surface area contributed by atoms with Crippen LogP contribution in [0.2, 0.25) is 0 Å². The van der Waals surface area contributed by atoms with Crippen molar-refractivity contribution < 1.29 is 4.79 Å². The molecule has 2 aliphatic rings. The highest BCUT2D eigenvalue weighted by atomic mass is 16.2. The quantitative estimate of drug-likeness (QED) is 0.880. The molecule has 0 aromatic carbocycles. The average molecular weight is 340 g/mol. The number of carbonyl (C=O) groups excluding carboxylic acids is 1. The number of nitrogens with zero attached hydrogens (tertiary/aromatic N) is 2. The molecule has 6 nitrogen and oxygen atoms in total. The van der Waals surface area contributed by atoms with Gasteiger partial charge in [-0.05, 0) is 63.1 Å². The molecule has 3 heterocycles. The zero-order chi connectivity index (χ0) is 17.4. The van der Waals surface area contributed by atoms with Gasteiger partial charge in [-0.25, -0.2) is 0 Å². The van der Waals surface area contributed by atoms with Gasteiger partial charge in [0.05, 0.1) is 5.69 Å². The number of rotatable bonds is 2. The van der Waals surface area contributed by atoms with Crippen LogP contribution in [0.3, 0.4) is 0 Å².